The molecule has 2 aliphatic rings. The lowest BCUT2D eigenvalue weighted by atomic mass is 9.96. The van der Waals surface area contributed by atoms with Gasteiger partial charge in [-0.1, -0.05) is 17.3 Å². The molecule has 2 saturated heterocycles. The van der Waals surface area contributed by atoms with E-state index >= 15 is 0 Å². The number of anilines is 1. The molecule has 1 unspecified atom stereocenters. The van der Waals surface area contributed by atoms with Gasteiger partial charge in [-0.3, -0.25) is 14.5 Å². The van der Waals surface area contributed by atoms with Crippen LogP contribution < -0.4 is 4.90 Å². The maximum Gasteiger partial charge on any atom is 0.252 e. The third-order valence-electron chi connectivity index (χ3n) is 5.60. The first kappa shape index (κ1) is 17.5. The molecule has 8 heteroatoms. The number of rotatable bonds is 3. The van der Waals surface area contributed by atoms with E-state index in [1.165, 1.54) is 14.6 Å². The Kier molecular flexibility index (Phi) is 4.25. The molecule has 7 nitrogen and oxygen atoms in total. The monoisotopic (exact) mass is 396 g/mol. The molecule has 3 aromatic rings. The number of aryl methyl sites for hydroxylation is 1. The Bertz CT molecular complexity index is 1020. The van der Waals surface area contributed by atoms with E-state index in [0.717, 1.165) is 31.4 Å². The second-order valence-corrected chi connectivity index (χ2v) is 8.48. The number of benzene rings is 1. The van der Waals surface area contributed by atoms with Gasteiger partial charge < -0.3 is 4.52 Å². The van der Waals surface area contributed by atoms with E-state index in [1.807, 2.05) is 18.2 Å². The van der Waals surface area contributed by atoms with Crippen molar-refractivity contribution >= 4 is 39.2 Å². The molecular weight excluding hydrogens is 376 g/mol. The minimum atomic E-state index is -0.402. The number of hydrogen-bond donors (Lipinski definition) is 0. The van der Waals surface area contributed by atoms with Gasteiger partial charge in [-0.2, -0.15) is 0 Å². The van der Waals surface area contributed by atoms with Crippen molar-refractivity contribution in [3.8, 4) is 0 Å². The molecule has 144 valence electrons. The number of para-hydroxylation sites is 1. The van der Waals surface area contributed by atoms with Gasteiger partial charge in [0, 0.05) is 12.0 Å². The largest absolute Gasteiger partial charge is 0.360 e. The summed E-state index contributed by atoms with van der Waals surface area (Å²) in [5.41, 5.74) is 1.06. The Morgan fingerprint density at radius 3 is 2.68 bits per heavy atom. The van der Waals surface area contributed by atoms with Crippen molar-refractivity contribution in [2.75, 3.05) is 18.0 Å². The van der Waals surface area contributed by atoms with Gasteiger partial charge >= 0.3 is 0 Å². The maximum absolute atomic E-state index is 12.9. The van der Waals surface area contributed by atoms with Crippen molar-refractivity contribution < 1.29 is 14.1 Å². The average Bonchev–Trinajstić information content (AvgIpc) is 3.39. The maximum atomic E-state index is 12.9. The van der Waals surface area contributed by atoms with E-state index in [0.29, 0.717) is 17.5 Å². The molecular formula is C20H20N4O3S. The van der Waals surface area contributed by atoms with Crippen LogP contribution in [0.25, 0.3) is 10.2 Å². The summed E-state index contributed by atoms with van der Waals surface area (Å²) in [5, 5.41) is 5.01. The van der Waals surface area contributed by atoms with Crippen molar-refractivity contribution in [2.24, 2.45) is 0 Å². The molecule has 2 amide bonds. The minimum absolute atomic E-state index is 0.197. The summed E-state index contributed by atoms with van der Waals surface area (Å²) in [5.74, 6) is 0.874. The number of piperidine rings is 1. The highest BCUT2D eigenvalue weighted by Crippen LogP contribution is 2.35. The Hall–Kier alpha value is -2.58. The van der Waals surface area contributed by atoms with E-state index in [1.54, 1.807) is 24.3 Å². The van der Waals surface area contributed by atoms with E-state index in [2.05, 4.69) is 16.1 Å². The second kappa shape index (κ2) is 6.79. The number of likely N-dealkylation sites (tertiary alicyclic amines) is 1. The van der Waals surface area contributed by atoms with Crippen LogP contribution in [0.2, 0.25) is 0 Å². The molecule has 1 aromatic carbocycles. The number of thiazole rings is 1. The average molecular weight is 396 g/mol. The van der Waals surface area contributed by atoms with Gasteiger partial charge in [0.05, 0.1) is 27.7 Å². The molecule has 4 heterocycles. The Balaban J connectivity index is 1.28. The fraction of sp³-hybridized carbons (Fsp3) is 0.400. The number of hydrogen-bond acceptors (Lipinski definition) is 7. The molecule has 1 atom stereocenters. The van der Waals surface area contributed by atoms with E-state index in [-0.39, 0.29) is 18.2 Å². The van der Waals surface area contributed by atoms with E-state index < -0.39 is 6.04 Å². The molecule has 2 aromatic heterocycles. The van der Waals surface area contributed by atoms with Gasteiger partial charge in [-0.15, -0.1) is 11.3 Å². The lowest BCUT2D eigenvalue weighted by Gasteiger charge is -2.33. The van der Waals surface area contributed by atoms with Crippen molar-refractivity contribution in [2.45, 2.75) is 38.1 Å². The fourth-order valence-corrected chi connectivity index (χ4v) is 5.26. The van der Waals surface area contributed by atoms with Gasteiger partial charge in [0.15, 0.2) is 5.82 Å². The third kappa shape index (κ3) is 2.93. The Morgan fingerprint density at radius 2 is 1.96 bits per heavy atom. The summed E-state index contributed by atoms with van der Waals surface area (Å²) in [6, 6.07) is 9.43. The molecule has 2 aliphatic heterocycles. The molecule has 0 saturated carbocycles. The molecule has 0 radical (unpaired) electrons. The standard InChI is InChI=1S/C20H20N4O3S/c1-12-10-17(22-27-12)24-18(25)11-15(20(24)26)23-8-6-13(7-9-23)19-21-14-4-2-3-5-16(14)28-19/h2-5,10,13,15H,6-9,11H2,1H3. The number of aromatic nitrogens is 2. The fourth-order valence-electron chi connectivity index (χ4n) is 4.12. The number of carbonyl (C=O) groups is 2. The summed E-state index contributed by atoms with van der Waals surface area (Å²) in [4.78, 5) is 33.4. The first-order chi connectivity index (χ1) is 13.6. The highest BCUT2D eigenvalue weighted by Gasteiger charge is 2.44. The molecule has 5 rings (SSSR count). The lowest BCUT2D eigenvalue weighted by molar-refractivity contribution is -0.123. The number of imide groups is 1. The molecule has 0 N–H and O–H groups in total. The van der Waals surface area contributed by atoms with Crippen LogP contribution in [0.4, 0.5) is 5.82 Å². The lowest BCUT2D eigenvalue weighted by Crippen LogP contribution is -2.45. The first-order valence-electron chi connectivity index (χ1n) is 9.50. The van der Waals surface area contributed by atoms with Crippen LogP contribution in [0.3, 0.4) is 0 Å². The Morgan fingerprint density at radius 1 is 1.18 bits per heavy atom. The zero-order valence-electron chi connectivity index (χ0n) is 15.5. The number of amides is 2. The molecule has 28 heavy (non-hydrogen) atoms. The van der Waals surface area contributed by atoms with Gasteiger partial charge in [-0.05, 0) is 45.0 Å². The minimum Gasteiger partial charge on any atom is -0.360 e. The van der Waals surface area contributed by atoms with E-state index in [4.69, 9.17) is 9.51 Å². The predicted octanol–water partition coefficient (Wildman–Crippen LogP) is 3.10. The van der Waals surface area contributed by atoms with E-state index in [9.17, 15) is 9.59 Å². The molecule has 2 fully saturated rings. The van der Waals surface area contributed by atoms with Crippen molar-refractivity contribution in [1.82, 2.24) is 15.0 Å². The summed E-state index contributed by atoms with van der Waals surface area (Å²) in [7, 11) is 0. The van der Waals surface area contributed by atoms with Gasteiger partial charge in [0.25, 0.3) is 5.91 Å². The highest BCUT2D eigenvalue weighted by molar-refractivity contribution is 7.18. The zero-order valence-corrected chi connectivity index (χ0v) is 16.3. The zero-order chi connectivity index (χ0) is 19.3. The first-order valence-corrected chi connectivity index (χ1v) is 10.3. The normalized spacial score (nSPS) is 21.9. The van der Waals surface area contributed by atoms with Crippen molar-refractivity contribution in [3.63, 3.8) is 0 Å². The quantitative estimate of drug-likeness (QED) is 0.633. The SMILES string of the molecule is Cc1cc(N2C(=O)CC(N3CCC(c4nc5ccccc5s4)CC3)C2=O)no1. The summed E-state index contributed by atoms with van der Waals surface area (Å²) >= 11 is 1.76. The van der Waals surface area contributed by atoms with Gasteiger partial charge in [0.1, 0.15) is 5.76 Å². The smallest absolute Gasteiger partial charge is 0.252 e. The number of nitrogens with zero attached hydrogens (tertiary/aromatic N) is 4. The molecule has 0 spiro atoms. The van der Waals surface area contributed by atoms with Crippen molar-refractivity contribution in [3.05, 3.63) is 41.1 Å². The summed E-state index contributed by atoms with van der Waals surface area (Å²) in [6.45, 7) is 3.32. The summed E-state index contributed by atoms with van der Waals surface area (Å²) in [6.07, 6.45) is 2.10. The summed E-state index contributed by atoms with van der Waals surface area (Å²) < 4.78 is 6.24. The predicted molar refractivity (Wildman–Crippen MR) is 105 cm³/mol. The topological polar surface area (TPSA) is 79.5 Å². The Labute approximate surface area is 165 Å². The molecule has 0 aliphatic carbocycles. The number of carbonyl (C=O) groups excluding carboxylic acids is 2. The van der Waals surface area contributed by atoms with Crippen LogP contribution in [0, 0.1) is 6.92 Å². The van der Waals surface area contributed by atoms with Crippen LogP contribution in [0.1, 0.15) is 35.9 Å². The van der Waals surface area contributed by atoms with Crippen LogP contribution in [0.5, 0.6) is 0 Å². The van der Waals surface area contributed by atoms with Crippen LogP contribution in [0.15, 0.2) is 34.9 Å². The van der Waals surface area contributed by atoms with Crippen molar-refractivity contribution in [1.29, 1.82) is 0 Å². The highest BCUT2D eigenvalue weighted by atomic mass is 32.1. The van der Waals surface area contributed by atoms with Crippen LogP contribution in [-0.4, -0.2) is 46.0 Å². The van der Waals surface area contributed by atoms with Gasteiger partial charge in [0.2, 0.25) is 5.91 Å². The van der Waals surface area contributed by atoms with Gasteiger partial charge in [-0.25, -0.2) is 9.88 Å². The second-order valence-electron chi connectivity index (χ2n) is 7.41. The van der Waals surface area contributed by atoms with Crippen LogP contribution >= 0.6 is 11.3 Å². The number of fused-ring (bicyclic) bond motifs is 1. The molecule has 0 bridgehead atoms. The van der Waals surface area contributed by atoms with Crippen LogP contribution in [-0.2, 0) is 9.59 Å². The third-order valence-corrected chi connectivity index (χ3v) is 6.80.